The number of carbonyl (C=O) groups excluding carboxylic acids is 1. The van der Waals surface area contributed by atoms with Crippen LogP contribution in [0.2, 0.25) is 5.02 Å². The van der Waals surface area contributed by atoms with Crippen LogP contribution < -0.4 is 14.2 Å². The number of amides is 1. The lowest BCUT2D eigenvalue weighted by atomic mass is 10.2. The second-order valence-electron chi connectivity index (χ2n) is 8.35. The van der Waals surface area contributed by atoms with Crippen LogP contribution in [-0.2, 0) is 14.8 Å². The van der Waals surface area contributed by atoms with E-state index in [1.54, 1.807) is 36.5 Å². The molecule has 192 valence electrons. The number of H-pyrrole nitrogens is 1. The molecule has 1 aliphatic heterocycles. The number of aromatic amines is 1. The fraction of sp³-hybridized carbons (Fsp3) is 0.240. The Labute approximate surface area is 218 Å². The van der Waals surface area contributed by atoms with Crippen LogP contribution in [0.5, 0.6) is 17.4 Å². The summed E-state index contributed by atoms with van der Waals surface area (Å²) < 4.78 is 45.0. The number of pyridine rings is 1. The van der Waals surface area contributed by atoms with Crippen molar-refractivity contribution in [2.45, 2.75) is 30.3 Å². The minimum absolute atomic E-state index is 0.0135. The normalized spacial score (nSPS) is 15.5. The summed E-state index contributed by atoms with van der Waals surface area (Å²) in [7, 11) is -4.29. The highest BCUT2D eigenvalue weighted by Crippen LogP contribution is 2.31. The van der Waals surface area contributed by atoms with Gasteiger partial charge in [0.25, 0.3) is 15.9 Å². The minimum Gasteiger partial charge on any atom is -0.477 e. The third kappa shape index (κ3) is 5.68. The number of hydrogen-bond acceptors (Lipinski definition) is 8. The average Bonchev–Trinajstić information content (AvgIpc) is 3.58. The highest BCUT2D eigenvalue weighted by molar-refractivity contribution is 7.90. The third-order valence-electron chi connectivity index (χ3n) is 5.82. The molecule has 0 saturated carbocycles. The van der Waals surface area contributed by atoms with Crippen molar-refractivity contribution in [1.82, 2.24) is 19.9 Å². The van der Waals surface area contributed by atoms with Crippen molar-refractivity contribution in [2.75, 3.05) is 13.2 Å². The number of hydrogen-bond donors (Lipinski definition) is 2. The third-order valence-corrected chi connectivity index (χ3v) is 7.39. The van der Waals surface area contributed by atoms with Crippen molar-refractivity contribution in [3.63, 3.8) is 0 Å². The highest BCUT2D eigenvalue weighted by atomic mass is 35.5. The minimum atomic E-state index is -4.29. The molecule has 10 nitrogen and oxygen atoms in total. The molecule has 2 aromatic heterocycles. The Morgan fingerprint density at radius 3 is 2.81 bits per heavy atom. The van der Waals surface area contributed by atoms with Crippen molar-refractivity contribution >= 4 is 38.4 Å². The maximum Gasteiger partial charge on any atom is 0.268 e. The zero-order chi connectivity index (χ0) is 25.8. The molecule has 1 saturated heterocycles. The fourth-order valence-corrected chi connectivity index (χ4v) is 5.17. The number of ether oxygens (including phenoxy) is 3. The van der Waals surface area contributed by atoms with Crippen molar-refractivity contribution in [3.8, 4) is 17.4 Å². The molecule has 1 atom stereocenters. The molecule has 1 fully saturated rings. The van der Waals surface area contributed by atoms with E-state index in [1.165, 1.54) is 12.1 Å². The van der Waals surface area contributed by atoms with Crippen LogP contribution >= 0.6 is 11.6 Å². The van der Waals surface area contributed by atoms with Gasteiger partial charge >= 0.3 is 0 Å². The van der Waals surface area contributed by atoms with Gasteiger partial charge in [0.1, 0.15) is 21.4 Å². The number of fused-ring (bicyclic) bond motifs is 1. The Hall–Kier alpha value is -3.67. The van der Waals surface area contributed by atoms with Gasteiger partial charge in [0.05, 0.1) is 41.6 Å². The van der Waals surface area contributed by atoms with E-state index in [-0.39, 0.29) is 33.2 Å². The smallest absolute Gasteiger partial charge is 0.268 e. The number of para-hydroxylation sites is 1. The summed E-state index contributed by atoms with van der Waals surface area (Å²) in [6.45, 7) is 1.09. The van der Waals surface area contributed by atoms with E-state index in [0.717, 1.165) is 31.2 Å². The molecule has 5 rings (SSSR count). The standard InChI is InChI=1S/C25H23ClN4O6S/c26-20-13-17(14-27-25(20)35-12-10-16-5-4-11-34-16)37(32,33)30-24(31)18-6-1-2-8-22(18)36-23-9-3-7-21-19(23)15-28-29-21/h1-3,6-9,13-16H,4-5,10-12H2,(H,28,29)(H,30,31). The molecule has 2 N–H and O–H groups in total. The molecule has 1 unspecified atom stereocenters. The van der Waals surface area contributed by atoms with Gasteiger partial charge in [0, 0.05) is 13.0 Å². The fourth-order valence-electron chi connectivity index (χ4n) is 3.95. The van der Waals surface area contributed by atoms with E-state index in [9.17, 15) is 13.2 Å². The van der Waals surface area contributed by atoms with Crippen LogP contribution in [0.15, 0.2) is 65.8 Å². The topological polar surface area (TPSA) is 132 Å². The number of rotatable bonds is 9. The summed E-state index contributed by atoms with van der Waals surface area (Å²) in [5.41, 5.74) is 0.783. The summed E-state index contributed by atoms with van der Waals surface area (Å²) in [6.07, 6.45) is 5.53. The molecule has 0 aliphatic carbocycles. The Bertz CT molecular complexity index is 1540. The van der Waals surface area contributed by atoms with Gasteiger partial charge in [-0.15, -0.1) is 0 Å². The summed E-state index contributed by atoms with van der Waals surface area (Å²) in [6, 6.07) is 12.8. The van der Waals surface area contributed by atoms with Gasteiger partial charge in [-0.25, -0.2) is 18.1 Å². The van der Waals surface area contributed by atoms with Gasteiger partial charge in [-0.05, 0) is 43.2 Å². The van der Waals surface area contributed by atoms with Crippen LogP contribution in [0.25, 0.3) is 10.9 Å². The molecule has 12 heteroatoms. The first-order valence-electron chi connectivity index (χ1n) is 11.6. The van der Waals surface area contributed by atoms with E-state index in [1.807, 2.05) is 6.07 Å². The molecule has 4 aromatic rings. The van der Waals surface area contributed by atoms with Crippen LogP contribution in [-0.4, -0.2) is 48.8 Å². The molecule has 1 aliphatic rings. The maximum absolute atomic E-state index is 13.0. The van der Waals surface area contributed by atoms with Gasteiger partial charge < -0.3 is 14.2 Å². The van der Waals surface area contributed by atoms with Crippen LogP contribution in [0, 0.1) is 0 Å². The zero-order valence-corrected chi connectivity index (χ0v) is 21.1. The Morgan fingerprint density at radius 2 is 2.00 bits per heavy atom. The van der Waals surface area contributed by atoms with Crippen LogP contribution in [0.1, 0.15) is 29.6 Å². The second-order valence-corrected chi connectivity index (χ2v) is 10.4. The maximum atomic E-state index is 13.0. The summed E-state index contributed by atoms with van der Waals surface area (Å²) >= 11 is 6.21. The number of nitrogens with zero attached hydrogens (tertiary/aromatic N) is 2. The van der Waals surface area contributed by atoms with Crippen molar-refractivity contribution in [1.29, 1.82) is 0 Å². The molecule has 3 heterocycles. The first kappa shape index (κ1) is 25.0. The molecular formula is C25H23ClN4O6S. The van der Waals surface area contributed by atoms with E-state index < -0.39 is 15.9 Å². The Morgan fingerprint density at radius 1 is 1.16 bits per heavy atom. The predicted octanol–water partition coefficient (Wildman–Crippen LogP) is 4.47. The first-order valence-corrected chi connectivity index (χ1v) is 13.4. The van der Waals surface area contributed by atoms with Gasteiger partial charge in [-0.2, -0.15) is 5.10 Å². The molecule has 0 bridgehead atoms. The number of halogens is 1. The second kappa shape index (κ2) is 10.8. The number of benzene rings is 2. The first-order chi connectivity index (χ1) is 17.9. The SMILES string of the molecule is O=C(NS(=O)(=O)c1cnc(OCCC2CCCO2)c(Cl)c1)c1ccccc1Oc1cccc2[nH]ncc12. The van der Waals surface area contributed by atoms with E-state index in [2.05, 4.69) is 19.9 Å². The lowest BCUT2D eigenvalue weighted by Crippen LogP contribution is -2.31. The van der Waals surface area contributed by atoms with Crippen molar-refractivity contribution in [2.24, 2.45) is 0 Å². The molecule has 0 radical (unpaired) electrons. The molecule has 0 spiro atoms. The van der Waals surface area contributed by atoms with Gasteiger partial charge in [-0.1, -0.05) is 29.8 Å². The highest BCUT2D eigenvalue weighted by Gasteiger charge is 2.24. The molecular weight excluding hydrogens is 520 g/mol. The van der Waals surface area contributed by atoms with Crippen LogP contribution in [0.4, 0.5) is 0 Å². The quantitative estimate of drug-likeness (QED) is 0.316. The van der Waals surface area contributed by atoms with E-state index in [0.29, 0.717) is 24.2 Å². The zero-order valence-electron chi connectivity index (χ0n) is 19.5. The predicted molar refractivity (Wildman–Crippen MR) is 136 cm³/mol. The van der Waals surface area contributed by atoms with Gasteiger partial charge in [-0.3, -0.25) is 9.89 Å². The molecule has 1 amide bonds. The van der Waals surface area contributed by atoms with Crippen molar-refractivity contribution < 1.29 is 27.4 Å². The summed E-state index contributed by atoms with van der Waals surface area (Å²) in [5, 5.41) is 7.57. The lowest BCUT2D eigenvalue weighted by Gasteiger charge is -2.13. The lowest BCUT2D eigenvalue weighted by molar-refractivity contribution is 0.0896. The number of carbonyl (C=O) groups is 1. The largest absolute Gasteiger partial charge is 0.477 e. The van der Waals surface area contributed by atoms with Gasteiger partial charge in [0.2, 0.25) is 5.88 Å². The molecule has 37 heavy (non-hydrogen) atoms. The Kier molecular flexibility index (Phi) is 7.26. The van der Waals surface area contributed by atoms with Crippen molar-refractivity contribution in [3.05, 3.63) is 71.5 Å². The number of sulfonamides is 1. The average molecular weight is 543 g/mol. The molecule has 2 aromatic carbocycles. The number of aromatic nitrogens is 3. The summed E-state index contributed by atoms with van der Waals surface area (Å²) in [4.78, 5) is 16.7. The summed E-state index contributed by atoms with van der Waals surface area (Å²) in [5.74, 6) is -0.129. The Balaban J connectivity index is 1.29. The number of nitrogens with one attached hydrogen (secondary N) is 2. The monoisotopic (exact) mass is 542 g/mol. The van der Waals surface area contributed by atoms with Gasteiger partial charge in [0.15, 0.2) is 0 Å². The van der Waals surface area contributed by atoms with E-state index >= 15 is 0 Å². The van der Waals surface area contributed by atoms with Crippen LogP contribution in [0.3, 0.4) is 0 Å². The van der Waals surface area contributed by atoms with E-state index in [4.69, 9.17) is 25.8 Å².